The van der Waals surface area contributed by atoms with Crippen molar-refractivity contribution < 1.29 is 5.11 Å². The largest absolute Gasteiger partial charge is 0.394 e. The number of nitrogens with zero attached hydrogens (tertiary/aromatic N) is 3. The molecular formula is C17H26N4OS. The first-order valence-electron chi connectivity index (χ1n) is 8.16. The highest BCUT2D eigenvalue weighted by atomic mass is 32.1. The number of aryl methyl sites for hydroxylation is 2. The highest BCUT2D eigenvalue weighted by Crippen LogP contribution is 2.39. The zero-order chi connectivity index (χ0) is 17.1. The molecule has 0 aliphatic rings. The molecule has 0 atom stereocenters. The molecule has 0 spiro atoms. The minimum Gasteiger partial charge on any atom is -0.394 e. The van der Waals surface area contributed by atoms with E-state index in [0.717, 1.165) is 31.9 Å². The van der Waals surface area contributed by atoms with Crippen LogP contribution in [0.1, 0.15) is 39.0 Å². The quantitative estimate of drug-likeness (QED) is 0.754. The molecule has 3 heterocycles. The van der Waals surface area contributed by atoms with Gasteiger partial charge in [-0.15, -0.1) is 11.3 Å². The van der Waals surface area contributed by atoms with E-state index in [1.807, 2.05) is 25.5 Å². The van der Waals surface area contributed by atoms with Gasteiger partial charge in [0.25, 0.3) is 0 Å². The fourth-order valence-electron chi connectivity index (χ4n) is 2.67. The van der Waals surface area contributed by atoms with E-state index in [1.54, 1.807) is 11.3 Å². The van der Waals surface area contributed by atoms with Crippen LogP contribution in [0.4, 0.5) is 5.82 Å². The molecule has 0 fully saturated rings. The van der Waals surface area contributed by atoms with Gasteiger partial charge in [-0.05, 0) is 39.3 Å². The molecule has 0 amide bonds. The zero-order valence-corrected chi connectivity index (χ0v) is 15.6. The monoisotopic (exact) mass is 334 g/mol. The summed E-state index contributed by atoms with van der Waals surface area (Å²) < 4.78 is 3.01. The highest BCUT2D eigenvalue weighted by molar-refractivity contribution is 7.26. The van der Waals surface area contributed by atoms with Gasteiger partial charge in [-0.3, -0.25) is 4.68 Å². The SMILES string of the molecule is CC.Cc1cc(C)c2c(n1)sc1c(NC(C)C)nn(CCO)c12. The predicted octanol–water partition coefficient (Wildman–Crippen LogP) is 4.10. The lowest BCUT2D eigenvalue weighted by molar-refractivity contribution is 0.272. The van der Waals surface area contributed by atoms with Crippen molar-refractivity contribution in [2.24, 2.45) is 0 Å². The molecule has 0 aliphatic heterocycles. The van der Waals surface area contributed by atoms with Crippen LogP contribution in [0.3, 0.4) is 0 Å². The zero-order valence-electron chi connectivity index (χ0n) is 14.8. The molecule has 2 N–H and O–H groups in total. The maximum absolute atomic E-state index is 9.30. The number of hydrogen-bond acceptors (Lipinski definition) is 5. The summed E-state index contributed by atoms with van der Waals surface area (Å²) in [7, 11) is 0. The Morgan fingerprint density at radius 3 is 2.61 bits per heavy atom. The summed E-state index contributed by atoms with van der Waals surface area (Å²) in [5.41, 5.74) is 3.32. The molecule has 0 aromatic carbocycles. The molecule has 126 valence electrons. The van der Waals surface area contributed by atoms with E-state index in [9.17, 15) is 5.11 Å². The first-order chi connectivity index (χ1) is 11.0. The third kappa shape index (κ3) is 3.33. The van der Waals surface area contributed by atoms with E-state index in [2.05, 4.69) is 42.2 Å². The Hall–Kier alpha value is -1.66. The normalized spacial score (nSPS) is 11.1. The van der Waals surface area contributed by atoms with Crippen molar-refractivity contribution in [2.75, 3.05) is 11.9 Å². The van der Waals surface area contributed by atoms with Crippen molar-refractivity contribution in [3.8, 4) is 0 Å². The number of anilines is 1. The average molecular weight is 334 g/mol. The second kappa shape index (κ2) is 7.27. The van der Waals surface area contributed by atoms with Crippen molar-refractivity contribution in [3.63, 3.8) is 0 Å². The molecule has 23 heavy (non-hydrogen) atoms. The second-order valence-corrected chi connectivity index (χ2v) is 6.63. The van der Waals surface area contributed by atoms with Crippen LogP contribution in [0, 0.1) is 13.8 Å². The number of aliphatic hydroxyl groups is 1. The number of hydrogen-bond donors (Lipinski definition) is 2. The maximum atomic E-state index is 9.30. The van der Waals surface area contributed by atoms with Gasteiger partial charge in [-0.2, -0.15) is 5.10 Å². The molecule has 0 bridgehead atoms. The van der Waals surface area contributed by atoms with Crippen molar-refractivity contribution in [2.45, 2.75) is 54.1 Å². The van der Waals surface area contributed by atoms with Crippen LogP contribution in [0.5, 0.6) is 0 Å². The summed E-state index contributed by atoms with van der Waals surface area (Å²) in [5.74, 6) is 0.883. The van der Waals surface area contributed by atoms with Gasteiger partial charge in [0.15, 0.2) is 5.82 Å². The first kappa shape index (κ1) is 17.7. The summed E-state index contributed by atoms with van der Waals surface area (Å²) >= 11 is 1.67. The molecule has 3 rings (SSSR count). The van der Waals surface area contributed by atoms with Gasteiger partial charge in [0.1, 0.15) is 4.83 Å². The third-order valence-electron chi connectivity index (χ3n) is 3.39. The van der Waals surface area contributed by atoms with E-state index in [0.29, 0.717) is 12.6 Å². The van der Waals surface area contributed by atoms with Gasteiger partial charge in [0, 0.05) is 17.1 Å². The average Bonchev–Trinajstić information content (AvgIpc) is 3.00. The molecule has 0 saturated carbocycles. The second-order valence-electron chi connectivity index (χ2n) is 5.63. The number of nitrogens with one attached hydrogen (secondary N) is 1. The number of fused-ring (bicyclic) bond motifs is 3. The molecular weight excluding hydrogens is 308 g/mol. The molecule has 0 aliphatic carbocycles. The summed E-state index contributed by atoms with van der Waals surface area (Å²) in [6, 6.07) is 2.41. The van der Waals surface area contributed by atoms with Gasteiger partial charge in [0.05, 0.1) is 23.4 Å². The van der Waals surface area contributed by atoms with E-state index in [4.69, 9.17) is 0 Å². The lowest BCUT2D eigenvalue weighted by atomic mass is 10.1. The minimum absolute atomic E-state index is 0.0770. The van der Waals surface area contributed by atoms with Crippen molar-refractivity contribution >= 4 is 37.6 Å². The molecule has 0 unspecified atom stereocenters. The fourth-order valence-corrected chi connectivity index (χ4v) is 3.91. The van der Waals surface area contributed by atoms with Crippen LogP contribution in [0.2, 0.25) is 0 Å². The van der Waals surface area contributed by atoms with Gasteiger partial charge >= 0.3 is 0 Å². The third-order valence-corrected chi connectivity index (χ3v) is 4.47. The minimum atomic E-state index is 0.0770. The summed E-state index contributed by atoms with van der Waals surface area (Å²) in [5, 5.41) is 18.5. The van der Waals surface area contributed by atoms with Gasteiger partial charge in [0.2, 0.25) is 0 Å². The lowest BCUT2D eigenvalue weighted by Crippen LogP contribution is -2.11. The Kier molecular flexibility index (Phi) is 5.59. The fraction of sp³-hybridized carbons (Fsp3) is 0.529. The molecule has 0 radical (unpaired) electrons. The lowest BCUT2D eigenvalue weighted by Gasteiger charge is -2.06. The van der Waals surface area contributed by atoms with E-state index >= 15 is 0 Å². The summed E-state index contributed by atoms with van der Waals surface area (Å²) in [4.78, 5) is 5.69. The van der Waals surface area contributed by atoms with Crippen LogP contribution in [0.15, 0.2) is 6.07 Å². The standard InChI is InChI=1S/C15H20N4OS.C2H6/c1-8(2)16-14-13-12(19(18-14)5-6-20)11-9(3)7-10(4)17-15(11)21-13;1-2/h7-8,20H,5-6H2,1-4H3,(H,16,18);1-2H3. The topological polar surface area (TPSA) is 63.0 Å². The molecule has 5 nitrogen and oxygen atoms in total. The number of thiophene rings is 1. The number of aliphatic hydroxyl groups excluding tert-OH is 1. The van der Waals surface area contributed by atoms with E-state index in [1.165, 1.54) is 5.56 Å². The first-order valence-corrected chi connectivity index (χ1v) is 8.97. The van der Waals surface area contributed by atoms with Gasteiger partial charge in [-0.1, -0.05) is 13.8 Å². The Morgan fingerprint density at radius 1 is 1.30 bits per heavy atom. The maximum Gasteiger partial charge on any atom is 0.166 e. The van der Waals surface area contributed by atoms with Crippen LogP contribution in [-0.4, -0.2) is 32.5 Å². The molecule has 3 aromatic heterocycles. The van der Waals surface area contributed by atoms with Gasteiger partial charge in [-0.25, -0.2) is 4.98 Å². The van der Waals surface area contributed by atoms with Crippen LogP contribution < -0.4 is 5.32 Å². The summed E-state index contributed by atoms with van der Waals surface area (Å²) in [6.45, 7) is 12.9. The Labute approximate surface area is 141 Å². The summed E-state index contributed by atoms with van der Waals surface area (Å²) in [6.07, 6.45) is 0. The van der Waals surface area contributed by atoms with Crippen LogP contribution >= 0.6 is 11.3 Å². The van der Waals surface area contributed by atoms with E-state index in [-0.39, 0.29) is 6.61 Å². The van der Waals surface area contributed by atoms with Crippen molar-refractivity contribution in [1.82, 2.24) is 14.8 Å². The number of pyridine rings is 1. The van der Waals surface area contributed by atoms with E-state index < -0.39 is 0 Å². The Balaban J connectivity index is 0.000000924. The molecule has 3 aromatic rings. The number of rotatable bonds is 4. The Bertz CT molecular complexity index is 804. The number of aromatic nitrogens is 3. The van der Waals surface area contributed by atoms with Crippen LogP contribution in [0.25, 0.3) is 20.4 Å². The highest BCUT2D eigenvalue weighted by Gasteiger charge is 2.19. The molecule has 6 heteroatoms. The van der Waals surface area contributed by atoms with Crippen molar-refractivity contribution in [3.05, 3.63) is 17.3 Å². The van der Waals surface area contributed by atoms with Crippen LogP contribution in [-0.2, 0) is 6.54 Å². The molecule has 0 saturated heterocycles. The van der Waals surface area contributed by atoms with Crippen molar-refractivity contribution in [1.29, 1.82) is 0 Å². The Morgan fingerprint density at radius 2 is 2.00 bits per heavy atom. The van der Waals surface area contributed by atoms with Gasteiger partial charge < -0.3 is 10.4 Å². The smallest absolute Gasteiger partial charge is 0.166 e. The predicted molar refractivity (Wildman–Crippen MR) is 99.6 cm³/mol.